The lowest BCUT2D eigenvalue weighted by Gasteiger charge is -2.35. The Hall–Kier alpha value is -4.92. The third-order valence-electron chi connectivity index (χ3n) is 7.84. The maximum Gasteiger partial charge on any atom is 0.382 e. The number of esters is 2. The van der Waals surface area contributed by atoms with E-state index in [2.05, 4.69) is 0 Å². The number of benzene rings is 4. The van der Waals surface area contributed by atoms with E-state index in [1.807, 2.05) is 91.0 Å². The molecule has 9 heteroatoms. The number of alkyl halides is 2. The highest BCUT2D eigenvalue weighted by Crippen LogP contribution is 2.46. The Morgan fingerprint density at radius 3 is 1.87 bits per heavy atom. The van der Waals surface area contributed by atoms with Crippen LogP contribution in [-0.2, 0) is 42.9 Å². The second kappa shape index (κ2) is 13.6. The first-order chi connectivity index (χ1) is 21.9. The lowest BCUT2D eigenvalue weighted by atomic mass is 9.73. The second-order valence-corrected chi connectivity index (χ2v) is 12.3. The zero-order valence-electron chi connectivity index (χ0n) is 25.8. The summed E-state index contributed by atoms with van der Waals surface area (Å²) in [6.45, 7) is 4.54. The van der Waals surface area contributed by atoms with Gasteiger partial charge in [0.2, 0.25) is 11.0 Å². The topological polar surface area (TPSA) is 81.9 Å². The number of hydrogen-bond donors (Lipinski definition) is 0. The summed E-state index contributed by atoms with van der Waals surface area (Å²) in [5, 5.41) is 0. The molecule has 1 aliphatic heterocycles. The molecule has 4 aromatic rings. The Bertz CT molecular complexity index is 1640. The monoisotopic (exact) mass is 628 g/mol. The summed E-state index contributed by atoms with van der Waals surface area (Å²) in [6.07, 6.45) is -0.820. The van der Waals surface area contributed by atoms with Crippen molar-refractivity contribution in [1.82, 2.24) is 0 Å². The van der Waals surface area contributed by atoms with Crippen molar-refractivity contribution < 1.29 is 37.6 Å². The van der Waals surface area contributed by atoms with Crippen LogP contribution in [0, 0.1) is 10.8 Å². The molecule has 0 bridgehead atoms. The van der Waals surface area contributed by atoms with Crippen molar-refractivity contribution in [1.29, 1.82) is 0 Å². The Labute approximate surface area is 266 Å². The van der Waals surface area contributed by atoms with Crippen molar-refractivity contribution >= 4 is 11.9 Å². The van der Waals surface area contributed by atoms with Crippen LogP contribution in [0.2, 0.25) is 0 Å². The summed E-state index contributed by atoms with van der Waals surface area (Å²) in [5.74, 6) is -7.72. The highest BCUT2D eigenvalue weighted by Gasteiger charge is 2.57. The van der Waals surface area contributed by atoms with Crippen molar-refractivity contribution in [3.8, 4) is 0 Å². The van der Waals surface area contributed by atoms with Gasteiger partial charge in [-0.15, -0.1) is 0 Å². The third kappa shape index (κ3) is 7.47. The summed E-state index contributed by atoms with van der Waals surface area (Å²) in [5.41, 5.74) is 1.14. The van der Waals surface area contributed by atoms with Crippen molar-refractivity contribution in [2.75, 3.05) is 0 Å². The van der Waals surface area contributed by atoms with Crippen LogP contribution in [0.25, 0.3) is 0 Å². The average Bonchev–Trinajstić information content (AvgIpc) is 3.05. The van der Waals surface area contributed by atoms with Gasteiger partial charge in [0.25, 0.3) is 6.04 Å². The predicted octanol–water partition coefficient (Wildman–Crippen LogP) is 7.64. The maximum absolute atomic E-state index is 15.0. The first kappa shape index (κ1) is 32.5. The van der Waals surface area contributed by atoms with Crippen LogP contribution < -0.4 is 0 Å². The minimum absolute atomic E-state index is 0.00850. The van der Waals surface area contributed by atoms with Crippen LogP contribution in [0.5, 0.6) is 0 Å². The van der Waals surface area contributed by atoms with Gasteiger partial charge >= 0.3 is 17.9 Å². The highest BCUT2D eigenvalue weighted by molar-refractivity contribution is 5.79. The standard InChI is InChI=1S/C37H36F2NO6/c1-36(2,3)45-35(42)37(38,39)29-21-19-25(20-22-29)23-30-32(34(41)44-24-26-13-7-4-8-14-26)31(27-15-9-5-10-16-27)33(46-40(30)43)28-17-11-6-12-18-28/h4-22,30-33H,23-24H2,1-3H3/q+1. The fourth-order valence-electron chi connectivity index (χ4n) is 5.66. The van der Waals surface area contributed by atoms with E-state index >= 15 is 0 Å². The highest BCUT2D eigenvalue weighted by atomic mass is 19.3. The molecular weight excluding hydrogens is 592 g/mol. The maximum atomic E-state index is 15.0. The summed E-state index contributed by atoms with van der Waals surface area (Å²) in [4.78, 5) is 46.5. The van der Waals surface area contributed by atoms with Gasteiger partial charge in [-0.05, 0) is 37.5 Å². The van der Waals surface area contributed by atoms with Crippen LogP contribution in [0.3, 0.4) is 0 Å². The first-order valence-electron chi connectivity index (χ1n) is 15.1. The Morgan fingerprint density at radius 1 is 0.761 bits per heavy atom. The van der Waals surface area contributed by atoms with Crippen molar-refractivity contribution in [3.05, 3.63) is 148 Å². The van der Waals surface area contributed by atoms with Crippen molar-refractivity contribution in [3.63, 3.8) is 0 Å². The minimum atomic E-state index is -3.88. The van der Waals surface area contributed by atoms with E-state index in [-0.39, 0.29) is 13.0 Å². The third-order valence-corrected chi connectivity index (χ3v) is 7.84. The molecule has 0 spiro atoms. The molecule has 0 aromatic heterocycles. The van der Waals surface area contributed by atoms with E-state index in [4.69, 9.17) is 14.3 Å². The molecule has 0 N–H and O–H groups in total. The molecule has 0 amide bonds. The minimum Gasteiger partial charge on any atom is -0.460 e. The molecule has 5 rings (SSSR count). The Balaban J connectivity index is 1.49. The molecule has 238 valence electrons. The number of carbonyl (C=O) groups excluding carboxylic acids is 2. The number of ether oxygens (including phenoxy) is 2. The first-order valence-corrected chi connectivity index (χ1v) is 15.1. The fraction of sp³-hybridized carbons (Fsp3) is 0.297. The molecule has 0 aliphatic carbocycles. The number of halogens is 2. The van der Waals surface area contributed by atoms with Gasteiger partial charge in [-0.25, -0.2) is 9.63 Å². The molecule has 1 fully saturated rings. The summed E-state index contributed by atoms with van der Waals surface area (Å²) in [6, 6.07) is 31.8. The van der Waals surface area contributed by atoms with Crippen LogP contribution in [-0.4, -0.2) is 28.5 Å². The van der Waals surface area contributed by atoms with E-state index < -0.39 is 53.0 Å². The zero-order valence-corrected chi connectivity index (χ0v) is 25.8. The van der Waals surface area contributed by atoms with E-state index in [1.54, 1.807) is 0 Å². The quantitative estimate of drug-likeness (QED) is 0.177. The van der Waals surface area contributed by atoms with E-state index in [9.17, 15) is 23.3 Å². The van der Waals surface area contributed by atoms with E-state index in [1.165, 1.54) is 32.9 Å². The number of hydrogen-bond acceptors (Lipinski definition) is 6. The second-order valence-electron chi connectivity index (χ2n) is 12.3. The summed E-state index contributed by atoms with van der Waals surface area (Å²) >= 11 is 0. The molecule has 4 unspecified atom stereocenters. The average molecular weight is 629 g/mol. The van der Waals surface area contributed by atoms with Crippen LogP contribution in [0.15, 0.2) is 115 Å². The summed E-state index contributed by atoms with van der Waals surface area (Å²) < 4.78 is 40.7. The van der Waals surface area contributed by atoms with Gasteiger partial charge in [0.05, 0.1) is 10.8 Å². The SMILES string of the molecule is CC(C)(C)OC(=O)C(F)(F)c1ccc(CC2C(C(=O)OCc3ccccc3)C(c3ccccc3)C(c3ccccc3)O[N+]2=O)cc1. The lowest BCUT2D eigenvalue weighted by molar-refractivity contribution is -0.852. The van der Waals surface area contributed by atoms with Gasteiger partial charge in [-0.3, -0.25) is 4.79 Å². The molecule has 46 heavy (non-hydrogen) atoms. The molecular formula is C37H36F2NO6+. The number of rotatable bonds is 9. The zero-order chi connectivity index (χ0) is 32.9. The largest absolute Gasteiger partial charge is 0.460 e. The van der Waals surface area contributed by atoms with Crippen LogP contribution in [0.1, 0.15) is 60.6 Å². The van der Waals surface area contributed by atoms with Gasteiger partial charge in [0.1, 0.15) is 18.1 Å². The van der Waals surface area contributed by atoms with Crippen molar-refractivity contribution in [2.24, 2.45) is 5.92 Å². The normalized spacial score (nSPS) is 20.0. The molecule has 7 nitrogen and oxygen atoms in total. The fourth-order valence-corrected chi connectivity index (χ4v) is 5.66. The van der Waals surface area contributed by atoms with Gasteiger partial charge < -0.3 is 9.47 Å². The number of nitrogens with zero attached hydrogens (tertiary/aromatic N) is 1. The molecule has 4 aromatic carbocycles. The number of carbonyl (C=O) groups is 2. The summed E-state index contributed by atoms with van der Waals surface area (Å²) in [7, 11) is 0. The molecule has 1 saturated heterocycles. The molecule has 0 saturated carbocycles. The van der Waals surface area contributed by atoms with E-state index in [0.29, 0.717) is 16.1 Å². The van der Waals surface area contributed by atoms with Crippen LogP contribution in [0.4, 0.5) is 8.78 Å². The van der Waals surface area contributed by atoms with Gasteiger partial charge in [-0.2, -0.15) is 8.78 Å². The molecule has 0 radical (unpaired) electrons. The lowest BCUT2D eigenvalue weighted by Crippen LogP contribution is -2.49. The Morgan fingerprint density at radius 2 is 1.30 bits per heavy atom. The smallest absolute Gasteiger partial charge is 0.382 e. The van der Waals surface area contributed by atoms with Gasteiger partial charge in [-0.1, -0.05) is 115 Å². The molecule has 1 heterocycles. The van der Waals surface area contributed by atoms with Gasteiger partial charge in [0, 0.05) is 17.5 Å². The van der Waals surface area contributed by atoms with Gasteiger partial charge in [0.15, 0.2) is 0 Å². The predicted molar refractivity (Wildman–Crippen MR) is 166 cm³/mol. The molecule has 4 atom stereocenters. The Kier molecular flexibility index (Phi) is 9.60. The molecule has 1 aliphatic rings. The van der Waals surface area contributed by atoms with E-state index in [0.717, 1.165) is 23.3 Å². The van der Waals surface area contributed by atoms with Crippen molar-refractivity contribution in [2.45, 2.75) is 63.4 Å². The van der Waals surface area contributed by atoms with Crippen LogP contribution >= 0.6 is 0 Å².